The molecular weight excluding hydrogens is 266 g/mol. The maximum atomic E-state index is 12.1. The van der Waals surface area contributed by atoms with Crippen molar-refractivity contribution in [1.29, 1.82) is 0 Å². The largest absolute Gasteiger partial charge is 0.234 e. The minimum Gasteiger partial charge on any atom is -0.234 e. The molecule has 0 heterocycles. The van der Waals surface area contributed by atoms with Gasteiger partial charge in [0, 0.05) is 11.6 Å². The van der Waals surface area contributed by atoms with E-state index in [1.54, 1.807) is 0 Å². The maximum Gasteiger partial charge on any atom is 0.144 e. The van der Waals surface area contributed by atoms with E-state index in [1.807, 2.05) is 27.0 Å². The van der Waals surface area contributed by atoms with E-state index in [2.05, 4.69) is 35.6 Å². The SMILES string of the molecule is CCc1ccc(C2(/C=N/S(=O)C(C)(C)C)CCC2)cc1. The number of nitrogens with zero attached hydrogens (tertiary/aromatic N) is 1. The molecule has 20 heavy (non-hydrogen) atoms. The lowest BCUT2D eigenvalue weighted by molar-refractivity contribution is 0.348. The average molecular weight is 291 g/mol. The average Bonchev–Trinajstić information content (AvgIpc) is 2.37. The highest BCUT2D eigenvalue weighted by Crippen LogP contribution is 2.42. The molecule has 0 aromatic heterocycles. The quantitative estimate of drug-likeness (QED) is 0.764. The number of hydrogen-bond acceptors (Lipinski definition) is 1. The lowest BCUT2D eigenvalue weighted by atomic mass is 9.65. The minimum atomic E-state index is -1.16. The Morgan fingerprint density at radius 2 is 1.85 bits per heavy atom. The zero-order valence-corrected chi connectivity index (χ0v) is 13.8. The van der Waals surface area contributed by atoms with Crippen LogP contribution < -0.4 is 0 Å². The van der Waals surface area contributed by atoms with Gasteiger partial charge in [0.2, 0.25) is 0 Å². The van der Waals surface area contributed by atoms with Crippen LogP contribution in [-0.2, 0) is 22.8 Å². The summed E-state index contributed by atoms with van der Waals surface area (Å²) in [6, 6.07) is 8.82. The summed E-state index contributed by atoms with van der Waals surface area (Å²) in [5.74, 6) is 0. The van der Waals surface area contributed by atoms with Crippen LogP contribution in [0.2, 0.25) is 0 Å². The van der Waals surface area contributed by atoms with Crippen LogP contribution in [0.3, 0.4) is 0 Å². The zero-order valence-electron chi connectivity index (χ0n) is 13.0. The van der Waals surface area contributed by atoms with Gasteiger partial charge in [-0.3, -0.25) is 0 Å². The van der Waals surface area contributed by atoms with Crippen molar-refractivity contribution in [3.8, 4) is 0 Å². The number of aryl methyl sites for hydroxylation is 1. The van der Waals surface area contributed by atoms with Crippen LogP contribution >= 0.6 is 0 Å². The molecule has 1 saturated carbocycles. The lowest BCUT2D eigenvalue weighted by Gasteiger charge is -2.39. The number of rotatable bonds is 4. The molecule has 2 rings (SSSR count). The topological polar surface area (TPSA) is 29.4 Å². The van der Waals surface area contributed by atoms with Crippen molar-refractivity contribution in [2.45, 2.75) is 63.5 Å². The van der Waals surface area contributed by atoms with E-state index in [-0.39, 0.29) is 10.2 Å². The molecule has 1 atom stereocenters. The van der Waals surface area contributed by atoms with E-state index < -0.39 is 11.0 Å². The highest BCUT2D eigenvalue weighted by molar-refractivity contribution is 7.85. The molecule has 2 nitrogen and oxygen atoms in total. The second-order valence-electron chi connectivity index (χ2n) is 6.66. The summed E-state index contributed by atoms with van der Waals surface area (Å²) >= 11 is 0. The molecule has 1 aromatic rings. The predicted molar refractivity (Wildman–Crippen MR) is 87.7 cm³/mol. The van der Waals surface area contributed by atoms with E-state index in [4.69, 9.17) is 0 Å². The number of hydrogen-bond donors (Lipinski definition) is 0. The van der Waals surface area contributed by atoms with Gasteiger partial charge < -0.3 is 0 Å². The third-order valence-corrected chi connectivity index (χ3v) is 5.45. The van der Waals surface area contributed by atoms with Crippen LogP contribution in [0.4, 0.5) is 0 Å². The summed E-state index contributed by atoms with van der Waals surface area (Å²) in [5, 5.41) is 0. The van der Waals surface area contributed by atoms with Gasteiger partial charge in [0.15, 0.2) is 0 Å². The van der Waals surface area contributed by atoms with E-state index in [0.29, 0.717) is 0 Å². The molecular formula is C17H25NOS. The monoisotopic (exact) mass is 291 g/mol. The van der Waals surface area contributed by atoms with Crippen LogP contribution in [0.25, 0.3) is 0 Å². The highest BCUT2D eigenvalue weighted by atomic mass is 32.2. The van der Waals surface area contributed by atoms with Gasteiger partial charge in [-0.05, 0) is 51.2 Å². The summed E-state index contributed by atoms with van der Waals surface area (Å²) in [6.45, 7) is 8.06. The summed E-state index contributed by atoms with van der Waals surface area (Å²) in [7, 11) is -1.16. The third-order valence-electron chi connectivity index (χ3n) is 4.10. The smallest absolute Gasteiger partial charge is 0.144 e. The molecule has 1 fully saturated rings. The zero-order chi connectivity index (χ0) is 14.8. The predicted octanol–water partition coefficient (Wildman–Crippen LogP) is 4.20. The molecule has 110 valence electrons. The van der Waals surface area contributed by atoms with Crippen molar-refractivity contribution in [2.75, 3.05) is 0 Å². The van der Waals surface area contributed by atoms with Gasteiger partial charge in [0.25, 0.3) is 0 Å². The van der Waals surface area contributed by atoms with Crippen LogP contribution in [-0.4, -0.2) is 15.2 Å². The van der Waals surface area contributed by atoms with E-state index in [9.17, 15) is 4.21 Å². The second kappa shape index (κ2) is 5.80. The lowest BCUT2D eigenvalue weighted by Crippen LogP contribution is -2.36. The van der Waals surface area contributed by atoms with Crippen LogP contribution in [0.15, 0.2) is 28.7 Å². The standard InChI is InChI=1S/C17H25NOS/c1-5-14-7-9-15(10-8-14)17(11-6-12-17)13-18-20(19)16(2,3)4/h7-10,13H,5-6,11-12H2,1-4H3/b18-13+. The molecule has 1 aliphatic rings. The van der Waals surface area contributed by atoms with Crippen molar-refractivity contribution in [1.82, 2.24) is 0 Å². The Morgan fingerprint density at radius 1 is 1.25 bits per heavy atom. The van der Waals surface area contributed by atoms with Gasteiger partial charge in [0.1, 0.15) is 11.0 Å². The molecule has 3 heteroatoms. The Hall–Kier alpha value is -0.960. The van der Waals surface area contributed by atoms with Gasteiger partial charge in [0.05, 0.1) is 4.75 Å². The van der Waals surface area contributed by atoms with Gasteiger partial charge in [-0.15, -0.1) is 0 Å². The molecule has 0 radical (unpaired) electrons. The Kier molecular flexibility index (Phi) is 4.48. The van der Waals surface area contributed by atoms with E-state index in [1.165, 1.54) is 17.5 Å². The van der Waals surface area contributed by atoms with Crippen molar-refractivity contribution >= 4 is 17.2 Å². The van der Waals surface area contributed by atoms with Crippen molar-refractivity contribution in [3.63, 3.8) is 0 Å². The molecule has 0 spiro atoms. The van der Waals surface area contributed by atoms with Crippen molar-refractivity contribution < 1.29 is 4.21 Å². The molecule has 1 unspecified atom stereocenters. The van der Waals surface area contributed by atoms with Crippen molar-refractivity contribution in [2.24, 2.45) is 4.40 Å². The maximum absolute atomic E-state index is 12.1. The van der Waals surface area contributed by atoms with E-state index >= 15 is 0 Å². The first-order chi connectivity index (χ1) is 9.37. The Morgan fingerprint density at radius 3 is 2.25 bits per heavy atom. The first-order valence-corrected chi connectivity index (χ1v) is 8.55. The fourth-order valence-electron chi connectivity index (χ4n) is 2.43. The Labute approximate surface area is 125 Å². The van der Waals surface area contributed by atoms with Crippen LogP contribution in [0.1, 0.15) is 58.1 Å². The molecule has 0 aliphatic heterocycles. The molecule has 1 aromatic carbocycles. The molecule has 1 aliphatic carbocycles. The van der Waals surface area contributed by atoms with E-state index in [0.717, 1.165) is 19.3 Å². The first kappa shape index (κ1) is 15.4. The van der Waals surface area contributed by atoms with Gasteiger partial charge >= 0.3 is 0 Å². The molecule has 0 bridgehead atoms. The number of benzene rings is 1. The molecule has 0 amide bonds. The normalized spacial score (nSPS) is 19.8. The third kappa shape index (κ3) is 3.20. The second-order valence-corrected chi connectivity index (χ2v) is 8.59. The fourth-order valence-corrected chi connectivity index (χ4v) is 3.04. The Balaban J connectivity index is 2.21. The summed E-state index contributed by atoms with van der Waals surface area (Å²) in [6.07, 6.45) is 6.48. The first-order valence-electron chi connectivity index (χ1n) is 7.44. The van der Waals surface area contributed by atoms with Crippen LogP contribution in [0, 0.1) is 0 Å². The fraction of sp³-hybridized carbons (Fsp3) is 0.588. The van der Waals surface area contributed by atoms with Crippen LogP contribution in [0.5, 0.6) is 0 Å². The summed E-state index contributed by atoms with van der Waals surface area (Å²) in [5.41, 5.74) is 2.70. The van der Waals surface area contributed by atoms with Gasteiger partial charge in [-0.25, -0.2) is 4.21 Å². The Bertz CT molecular complexity index is 507. The van der Waals surface area contributed by atoms with Crippen molar-refractivity contribution in [3.05, 3.63) is 35.4 Å². The van der Waals surface area contributed by atoms with Gasteiger partial charge in [-0.2, -0.15) is 4.40 Å². The summed E-state index contributed by atoms with van der Waals surface area (Å²) < 4.78 is 16.2. The van der Waals surface area contributed by atoms with Gasteiger partial charge in [-0.1, -0.05) is 37.6 Å². The molecule has 0 saturated heterocycles. The highest BCUT2D eigenvalue weighted by Gasteiger charge is 2.37. The minimum absolute atomic E-state index is 0.0210. The molecule has 0 N–H and O–H groups in total. The summed E-state index contributed by atoms with van der Waals surface area (Å²) in [4.78, 5) is 0.